The molecule has 7 nitrogen and oxygen atoms in total. The van der Waals surface area contributed by atoms with Crippen LogP contribution in [0.5, 0.6) is 0 Å². The summed E-state index contributed by atoms with van der Waals surface area (Å²) in [6, 6.07) is 19.4. The smallest absolute Gasteiger partial charge is 0.290 e. The maximum absolute atomic E-state index is 12.8. The molecule has 0 aliphatic carbocycles. The number of rotatable bonds is 3. The number of thioether (sulfide) groups is 1. The third-order valence-electron chi connectivity index (χ3n) is 4.62. The SMILES string of the molecule is O=C1CS/C(=N\NC(=O)c2cc3c([nH]c4ccccc43)c(-c3ccccc3)n2)N1. The van der Waals surface area contributed by atoms with Crippen LogP contribution in [0, 0.1) is 0 Å². The Morgan fingerprint density at radius 1 is 1.07 bits per heavy atom. The van der Waals surface area contributed by atoms with Gasteiger partial charge >= 0.3 is 0 Å². The lowest BCUT2D eigenvalue weighted by Gasteiger charge is -2.07. The van der Waals surface area contributed by atoms with Crippen molar-refractivity contribution in [3.8, 4) is 11.3 Å². The van der Waals surface area contributed by atoms with E-state index < -0.39 is 5.91 Å². The van der Waals surface area contributed by atoms with E-state index in [1.54, 1.807) is 6.07 Å². The van der Waals surface area contributed by atoms with Crippen LogP contribution in [0.4, 0.5) is 0 Å². The van der Waals surface area contributed by atoms with E-state index in [9.17, 15) is 9.59 Å². The highest BCUT2D eigenvalue weighted by Gasteiger charge is 2.19. The lowest BCUT2D eigenvalue weighted by molar-refractivity contribution is -0.116. The van der Waals surface area contributed by atoms with Gasteiger partial charge in [0.1, 0.15) is 5.69 Å². The van der Waals surface area contributed by atoms with E-state index in [-0.39, 0.29) is 11.6 Å². The molecule has 0 atom stereocenters. The summed E-state index contributed by atoms with van der Waals surface area (Å²) in [6.45, 7) is 0. The summed E-state index contributed by atoms with van der Waals surface area (Å²) in [7, 11) is 0. The molecule has 1 aliphatic heterocycles. The van der Waals surface area contributed by atoms with Gasteiger partial charge in [-0.2, -0.15) is 0 Å². The van der Waals surface area contributed by atoms with Crippen LogP contribution in [0.25, 0.3) is 33.1 Å². The molecule has 0 bridgehead atoms. The fourth-order valence-corrected chi connectivity index (χ4v) is 3.95. The van der Waals surface area contributed by atoms with E-state index in [1.807, 2.05) is 54.6 Å². The quantitative estimate of drug-likeness (QED) is 0.459. The normalized spacial score (nSPS) is 15.2. The third-order valence-corrected chi connectivity index (χ3v) is 5.49. The van der Waals surface area contributed by atoms with Gasteiger partial charge in [-0.15, -0.1) is 5.10 Å². The van der Waals surface area contributed by atoms with E-state index in [2.05, 4.69) is 25.8 Å². The first kappa shape index (κ1) is 17.4. The minimum Gasteiger partial charge on any atom is -0.353 e. The van der Waals surface area contributed by atoms with E-state index >= 15 is 0 Å². The van der Waals surface area contributed by atoms with Crippen molar-refractivity contribution in [3.63, 3.8) is 0 Å². The Morgan fingerprint density at radius 3 is 2.66 bits per heavy atom. The number of fused-ring (bicyclic) bond motifs is 3. The average molecular weight is 401 g/mol. The van der Waals surface area contributed by atoms with Crippen molar-refractivity contribution in [1.82, 2.24) is 20.7 Å². The van der Waals surface area contributed by atoms with E-state index in [1.165, 1.54) is 11.8 Å². The number of benzene rings is 2. The predicted molar refractivity (Wildman–Crippen MR) is 115 cm³/mol. The van der Waals surface area contributed by atoms with Gasteiger partial charge in [-0.1, -0.05) is 60.3 Å². The number of para-hydroxylation sites is 1. The van der Waals surface area contributed by atoms with Crippen LogP contribution in [0.3, 0.4) is 0 Å². The fraction of sp³-hybridized carbons (Fsp3) is 0.0476. The summed E-state index contributed by atoms with van der Waals surface area (Å²) < 4.78 is 0. The van der Waals surface area contributed by atoms with Crippen LogP contribution in [-0.2, 0) is 4.79 Å². The van der Waals surface area contributed by atoms with Gasteiger partial charge in [-0.25, -0.2) is 10.4 Å². The number of hydrogen-bond donors (Lipinski definition) is 3. The van der Waals surface area contributed by atoms with Crippen molar-refractivity contribution < 1.29 is 9.59 Å². The lowest BCUT2D eigenvalue weighted by atomic mass is 10.1. The predicted octanol–water partition coefficient (Wildman–Crippen LogP) is 3.25. The van der Waals surface area contributed by atoms with Crippen molar-refractivity contribution in [3.05, 3.63) is 66.4 Å². The second-order valence-electron chi connectivity index (χ2n) is 6.51. The molecule has 8 heteroatoms. The van der Waals surface area contributed by atoms with Crippen LogP contribution in [0.2, 0.25) is 0 Å². The number of nitrogens with one attached hydrogen (secondary N) is 3. The third kappa shape index (κ3) is 3.23. The first-order valence-electron chi connectivity index (χ1n) is 8.96. The molecule has 0 saturated carbocycles. The standard InChI is InChI=1S/C21H15N5O2S/c27-17-11-29-21(24-17)26-25-20(28)16-10-14-13-8-4-5-9-15(13)22-19(14)18(23-16)12-6-2-1-3-7-12/h1-10,22H,11H2,(H,25,28)(H,24,26,27). The Bertz CT molecular complexity index is 1300. The van der Waals surface area contributed by atoms with Crippen LogP contribution in [0.15, 0.2) is 65.8 Å². The molecule has 3 N–H and O–H groups in total. The van der Waals surface area contributed by atoms with E-state index in [4.69, 9.17) is 0 Å². The zero-order valence-electron chi connectivity index (χ0n) is 15.1. The second-order valence-corrected chi connectivity index (χ2v) is 7.47. The number of hydrazone groups is 1. The molecule has 5 rings (SSSR count). The van der Waals surface area contributed by atoms with Crippen LogP contribution in [0.1, 0.15) is 10.5 Å². The Balaban J connectivity index is 1.63. The van der Waals surface area contributed by atoms with Crippen molar-refractivity contribution in [2.75, 3.05) is 5.75 Å². The number of carbonyl (C=O) groups excluding carboxylic acids is 2. The number of nitrogens with zero attached hydrogens (tertiary/aromatic N) is 2. The summed E-state index contributed by atoms with van der Waals surface area (Å²) in [5.74, 6) is -0.275. The highest BCUT2D eigenvalue weighted by molar-refractivity contribution is 8.15. The molecule has 0 spiro atoms. The van der Waals surface area contributed by atoms with Crippen molar-refractivity contribution in [1.29, 1.82) is 0 Å². The maximum atomic E-state index is 12.8. The van der Waals surface area contributed by atoms with E-state index in [0.717, 1.165) is 27.4 Å². The Hall–Kier alpha value is -3.65. The molecule has 1 saturated heterocycles. The Morgan fingerprint density at radius 2 is 1.86 bits per heavy atom. The molecule has 29 heavy (non-hydrogen) atoms. The molecule has 4 aromatic rings. The molecule has 142 valence electrons. The van der Waals surface area contributed by atoms with Crippen LogP contribution >= 0.6 is 11.8 Å². The van der Waals surface area contributed by atoms with Gasteiger partial charge in [0, 0.05) is 21.9 Å². The Kier molecular flexibility index (Phi) is 4.25. The van der Waals surface area contributed by atoms with Crippen molar-refractivity contribution in [2.24, 2.45) is 5.10 Å². The molecular weight excluding hydrogens is 386 g/mol. The molecular formula is C21H15N5O2S. The summed E-state index contributed by atoms with van der Waals surface area (Å²) in [6.07, 6.45) is 0. The lowest BCUT2D eigenvalue weighted by Crippen LogP contribution is -2.25. The van der Waals surface area contributed by atoms with Crippen molar-refractivity contribution in [2.45, 2.75) is 0 Å². The number of aromatic amines is 1. The van der Waals surface area contributed by atoms with Crippen LogP contribution in [-0.4, -0.2) is 32.7 Å². The summed E-state index contributed by atoms with van der Waals surface area (Å²) >= 11 is 1.24. The number of hydrogen-bond acceptors (Lipinski definition) is 5. The van der Waals surface area contributed by atoms with Gasteiger partial charge in [-0.3, -0.25) is 9.59 Å². The number of amides is 2. The highest BCUT2D eigenvalue weighted by Crippen LogP contribution is 2.32. The number of amidine groups is 1. The summed E-state index contributed by atoms with van der Waals surface area (Å²) in [5, 5.41) is 8.87. The minimum atomic E-state index is -0.441. The number of H-pyrrole nitrogens is 1. The molecule has 2 amide bonds. The van der Waals surface area contributed by atoms with Gasteiger partial charge in [0.05, 0.1) is 17.0 Å². The molecule has 2 aromatic heterocycles. The van der Waals surface area contributed by atoms with Gasteiger partial charge in [0.2, 0.25) is 5.91 Å². The van der Waals surface area contributed by atoms with Gasteiger partial charge < -0.3 is 10.3 Å². The van der Waals surface area contributed by atoms with Gasteiger partial charge in [0.15, 0.2) is 5.17 Å². The molecule has 1 fully saturated rings. The highest BCUT2D eigenvalue weighted by atomic mass is 32.2. The number of carbonyl (C=O) groups is 2. The number of aromatic nitrogens is 2. The van der Waals surface area contributed by atoms with Gasteiger partial charge in [0.25, 0.3) is 5.91 Å². The first-order chi connectivity index (χ1) is 14.2. The second kappa shape index (κ2) is 7.06. The minimum absolute atomic E-state index is 0.132. The topological polar surface area (TPSA) is 99.2 Å². The molecule has 2 aromatic carbocycles. The molecule has 0 unspecified atom stereocenters. The average Bonchev–Trinajstić information content (AvgIpc) is 3.35. The first-order valence-corrected chi connectivity index (χ1v) is 9.95. The molecule has 1 aliphatic rings. The van der Waals surface area contributed by atoms with Crippen molar-refractivity contribution >= 4 is 50.5 Å². The molecule has 0 radical (unpaired) electrons. The van der Waals surface area contributed by atoms with E-state index in [0.29, 0.717) is 16.6 Å². The van der Waals surface area contributed by atoms with Gasteiger partial charge in [-0.05, 0) is 12.1 Å². The fourth-order valence-electron chi connectivity index (χ4n) is 3.31. The maximum Gasteiger partial charge on any atom is 0.290 e. The summed E-state index contributed by atoms with van der Waals surface area (Å²) in [4.78, 5) is 32.1. The number of pyridine rings is 1. The summed E-state index contributed by atoms with van der Waals surface area (Å²) in [5.41, 5.74) is 6.19. The zero-order valence-corrected chi connectivity index (χ0v) is 15.9. The monoisotopic (exact) mass is 401 g/mol. The zero-order chi connectivity index (χ0) is 19.8. The van der Waals surface area contributed by atoms with Crippen LogP contribution < -0.4 is 10.7 Å². The Labute approximate surface area is 169 Å². The largest absolute Gasteiger partial charge is 0.353 e. The molecule has 3 heterocycles.